The predicted molar refractivity (Wildman–Crippen MR) is 98.2 cm³/mol. The minimum atomic E-state index is -1.25. The second-order valence-corrected chi connectivity index (χ2v) is 6.67. The summed E-state index contributed by atoms with van der Waals surface area (Å²) in [5.74, 6) is 0. The van der Waals surface area contributed by atoms with E-state index in [2.05, 4.69) is 5.32 Å². The van der Waals surface area contributed by atoms with E-state index in [1.807, 2.05) is 22.6 Å². The zero-order valence-electron chi connectivity index (χ0n) is 13.3. The lowest BCUT2D eigenvalue weighted by molar-refractivity contribution is -0.0953. The van der Waals surface area contributed by atoms with Crippen molar-refractivity contribution in [1.82, 2.24) is 0 Å². The molecule has 0 saturated heterocycles. The number of halogens is 1. The molecule has 1 heterocycles. The standard InChI is InChI=1S/C16H20INO6/c1-8(14(20)15(21)13(7-19)23-2)18-10-4-3-9-5-11(17)16(22)24-12(9)6-10/h3-6,8,13-15,18-21H,7H2,1-2H3/t8?,13?,14?,15-/m1/s1. The van der Waals surface area contributed by atoms with Crippen LogP contribution in [0.25, 0.3) is 11.0 Å². The minimum absolute atomic E-state index is 0.402. The molecule has 0 aliphatic rings. The number of benzene rings is 1. The van der Waals surface area contributed by atoms with Crippen molar-refractivity contribution in [3.8, 4) is 0 Å². The molecule has 3 unspecified atom stereocenters. The highest BCUT2D eigenvalue weighted by molar-refractivity contribution is 14.1. The van der Waals surface area contributed by atoms with E-state index in [1.54, 1.807) is 31.2 Å². The summed E-state index contributed by atoms with van der Waals surface area (Å²) >= 11 is 1.92. The van der Waals surface area contributed by atoms with Crippen molar-refractivity contribution < 1.29 is 24.5 Å². The minimum Gasteiger partial charge on any atom is -0.422 e. The molecule has 1 aromatic heterocycles. The van der Waals surface area contributed by atoms with E-state index >= 15 is 0 Å². The number of ether oxygens (including phenoxy) is 1. The van der Waals surface area contributed by atoms with Crippen LogP contribution in [0, 0.1) is 3.57 Å². The summed E-state index contributed by atoms with van der Waals surface area (Å²) in [5.41, 5.74) is 0.649. The lowest BCUT2D eigenvalue weighted by atomic mass is 10.0. The monoisotopic (exact) mass is 449 g/mol. The van der Waals surface area contributed by atoms with Crippen molar-refractivity contribution in [2.24, 2.45) is 0 Å². The summed E-state index contributed by atoms with van der Waals surface area (Å²) in [7, 11) is 1.35. The van der Waals surface area contributed by atoms with E-state index in [1.165, 1.54) is 7.11 Å². The predicted octanol–water partition coefficient (Wildman–Crippen LogP) is 0.927. The fraction of sp³-hybridized carbons (Fsp3) is 0.438. The molecule has 0 aliphatic heterocycles. The van der Waals surface area contributed by atoms with Gasteiger partial charge in [0.25, 0.3) is 0 Å². The number of fused-ring (bicyclic) bond motifs is 1. The van der Waals surface area contributed by atoms with Gasteiger partial charge in [-0.3, -0.25) is 0 Å². The molecule has 4 N–H and O–H groups in total. The van der Waals surface area contributed by atoms with Crippen LogP contribution < -0.4 is 10.9 Å². The Bertz CT molecular complexity index is 745. The van der Waals surface area contributed by atoms with Crippen LogP contribution in [-0.4, -0.2) is 53.4 Å². The molecule has 0 fully saturated rings. The fourth-order valence-electron chi connectivity index (χ4n) is 2.36. The Labute approximate surface area is 152 Å². The Hall–Kier alpha value is -1.20. The highest BCUT2D eigenvalue weighted by Gasteiger charge is 2.30. The summed E-state index contributed by atoms with van der Waals surface area (Å²) in [4.78, 5) is 11.6. The summed E-state index contributed by atoms with van der Waals surface area (Å²) in [5, 5.41) is 33.2. The molecule has 4 atom stereocenters. The van der Waals surface area contributed by atoms with Gasteiger partial charge in [-0.05, 0) is 47.7 Å². The zero-order chi connectivity index (χ0) is 17.9. The number of anilines is 1. The van der Waals surface area contributed by atoms with Gasteiger partial charge in [0.05, 0.1) is 16.2 Å². The van der Waals surface area contributed by atoms with Gasteiger partial charge in [0.1, 0.15) is 23.9 Å². The normalized spacial score (nSPS) is 16.6. The number of hydrogen-bond donors (Lipinski definition) is 4. The number of aliphatic hydroxyl groups excluding tert-OH is 3. The zero-order valence-corrected chi connectivity index (χ0v) is 15.4. The van der Waals surface area contributed by atoms with E-state index in [9.17, 15) is 15.0 Å². The molecule has 2 rings (SSSR count). The Balaban J connectivity index is 2.16. The van der Waals surface area contributed by atoms with Gasteiger partial charge in [0.2, 0.25) is 0 Å². The topological polar surface area (TPSA) is 112 Å². The smallest absolute Gasteiger partial charge is 0.349 e. The molecule has 0 aliphatic carbocycles. The van der Waals surface area contributed by atoms with E-state index in [4.69, 9.17) is 14.3 Å². The molecule has 132 valence electrons. The molecular weight excluding hydrogens is 429 g/mol. The Morgan fingerprint density at radius 2 is 2.00 bits per heavy atom. The first-order valence-corrected chi connectivity index (χ1v) is 8.45. The summed E-state index contributed by atoms with van der Waals surface area (Å²) in [6.07, 6.45) is -3.29. The van der Waals surface area contributed by atoms with Crippen LogP contribution in [0.1, 0.15) is 6.92 Å². The number of hydrogen-bond acceptors (Lipinski definition) is 7. The highest BCUT2D eigenvalue weighted by Crippen LogP contribution is 2.21. The maximum atomic E-state index is 11.6. The molecule has 0 amide bonds. The molecular formula is C16H20INO6. The maximum Gasteiger partial charge on any atom is 0.349 e. The fourth-order valence-corrected chi connectivity index (χ4v) is 2.81. The van der Waals surface area contributed by atoms with Crippen LogP contribution in [0.4, 0.5) is 5.69 Å². The SMILES string of the molecule is COC(CO)[C@@H](O)C(O)C(C)Nc1ccc2cc(I)c(=O)oc2c1. The van der Waals surface area contributed by atoms with Crippen molar-refractivity contribution in [3.63, 3.8) is 0 Å². The van der Waals surface area contributed by atoms with Crippen molar-refractivity contribution in [3.05, 3.63) is 38.3 Å². The van der Waals surface area contributed by atoms with Crippen molar-refractivity contribution >= 4 is 39.2 Å². The number of rotatable bonds is 7. The van der Waals surface area contributed by atoms with Crippen LogP contribution in [0.15, 0.2) is 33.5 Å². The number of nitrogens with one attached hydrogen (secondary N) is 1. The van der Waals surface area contributed by atoms with Gasteiger partial charge in [0.15, 0.2) is 0 Å². The van der Waals surface area contributed by atoms with Gasteiger partial charge < -0.3 is 29.8 Å². The third kappa shape index (κ3) is 4.25. The van der Waals surface area contributed by atoms with Gasteiger partial charge >= 0.3 is 5.63 Å². The Morgan fingerprint density at radius 3 is 2.62 bits per heavy atom. The second kappa shape index (κ2) is 8.26. The van der Waals surface area contributed by atoms with Crippen molar-refractivity contribution in [1.29, 1.82) is 0 Å². The largest absolute Gasteiger partial charge is 0.422 e. The van der Waals surface area contributed by atoms with Gasteiger partial charge in [-0.15, -0.1) is 0 Å². The lowest BCUT2D eigenvalue weighted by Crippen LogP contribution is -2.48. The summed E-state index contributed by atoms with van der Waals surface area (Å²) in [6, 6.07) is 6.44. The lowest BCUT2D eigenvalue weighted by Gasteiger charge is -2.29. The van der Waals surface area contributed by atoms with E-state index in [-0.39, 0.29) is 0 Å². The molecule has 2 aromatic rings. The summed E-state index contributed by atoms with van der Waals surface area (Å²) < 4.78 is 10.7. The molecule has 0 bridgehead atoms. The van der Waals surface area contributed by atoms with Gasteiger partial charge in [-0.25, -0.2) is 4.79 Å². The third-order valence-electron chi connectivity index (χ3n) is 3.81. The van der Waals surface area contributed by atoms with E-state index in [0.717, 1.165) is 5.39 Å². The average molecular weight is 449 g/mol. The van der Waals surface area contributed by atoms with Crippen LogP contribution in [0.3, 0.4) is 0 Å². The first-order valence-electron chi connectivity index (χ1n) is 7.37. The van der Waals surface area contributed by atoms with Crippen molar-refractivity contribution in [2.75, 3.05) is 19.0 Å². The molecule has 24 heavy (non-hydrogen) atoms. The molecule has 8 heteroatoms. The Kier molecular flexibility index (Phi) is 6.58. The average Bonchev–Trinajstić information content (AvgIpc) is 2.56. The Morgan fingerprint density at radius 1 is 1.29 bits per heavy atom. The highest BCUT2D eigenvalue weighted by atomic mass is 127. The van der Waals surface area contributed by atoms with Crippen molar-refractivity contribution in [2.45, 2.75) is 31.3 Å². The molecule has 0 saturated carbocycles. The number of methoxy groups -OCH3 is 1. The first kappa shape index (κ1) is 19.1. The van der Waals surface area contributed by atoms with E-state index in [0.29, 0.717) is 14.8 Å². The maximum absolute atomic E-state index is 11.6. The van der Waals surface area contributed by atoms with Crippen LogP contribution in [-0.2, 0) is 4.74 Å². The van der Waals surface area contributed by atoms with Crippen LogP contribution >= 0.6 is 22.6 Å². The quantitative estimate of drug-likeness (QED) is 0.368. The second-order valence-electron chi connectivity index (χ2n) is 5.51. The van der Waals surface area contributed by atoms with Gasteiger partial charge in [-0.2, -0.15) is 0 Å². The molecule has 0 radical (unpaired) electrons. The molecule has 1 aromatic carbocycles. The van der Waals surface area contributed by atoms with Gasteiger partial charge in [-0.1, -0.05) is 0 Å². The van der Waals surface area contributed by atoms with Gasteiger partial charge in [0, 0.05) is 24.2 Å². The third-order valence-corrected chi connectivity index (χ3v) is 4.57. The van der Waals surface area contributed by atoms with Crippen LogP contribution in [0.2, 0.25) is 0 Å². The van der Waals surface area contributed by atoms with E-state index < -0.39 is 36.6 Å². The molecule has 7 nitrogen and oxygen atoms in total. The van der Waals surface area contributed by atoms with Crippen LogP contribution in [0.5, 0.6) is 0 Å². The number of aliphatic hydroxyl groups is 3. The molecule has 0 spiro atoms. The first-order chi connectivity index (χ1) is 11.4. The summed E-state index contributed by atoms with van der Waals surface area (Å²) in [6.45, 7) is 1.29.